The molecule has 0 spiro atoms. The third-order valence-corrected chi connectivity index (χ3v) is 3.39. The van der Waals surface area contributed by atoms with Gasteiger partial charge in [0.15, 0.2) is 0 Å². The van der Waals surface area contributed by atoms with Crippen LogP contribution >= 0.6 is 10.7 Å². The Morgan fingerprint density at radius 1 is 1.46 bits per heavy atom. The molecule has 13 heavy (non-hydrogen) atoms. The van der Waals surface area contributed by atoms with Crippen LogP contribution < -0.4 is 4.72 Å². The molecule has 0 heterocycles. The summed E-state index contributed by atoms with van der Waals surface area (Å²) < 4.78 is 24.0. The average molecular weight is 226 g/mol. The third kappa shape index (κ3) is 4.29. The van der Waals surface area contributed by atoms with Crippen molar-refractivity contribution in [1.82, 2.24) is 4.72 Å². The Kier molecular flexibility index (Phi) is 3.25. The summed E-state index contributed by atoms with van der Waals surface area (Å²) in [6.45, 7) is 4.31. The first-order valence-corrected chi connectivity index (χ1v) is 6.81. The molecule has 1 unspecified atom stereocenters. The van der Waals surface area contributed by atoms with Crippen LogP contribution in [-0.2, 0) is 9.24 Å². The summed E-state index contributed by atoms with van der Waals surface area (Å²) in [4.78, 5) is 0. The van der Waals surface area contributed by atoms with Gasteiger partial charge in [-0.15, -0.1) is 0 Å². The molecule has 0 radical (unpaired) electrons. The Bertz CT molecular complexity index is 274. The molecular weight excluding hydrogens is 210 g/mol. The molecule has 1 aliphatic carbocycles. The Hall–Kier alpha value is 0.200. The van der Waals surface area contributed by atoms with Gasteiger partial charge in [-0.1, -0.05) is 20.3 Å². The molecule has 1 fully saturated rings. The van der Waals surface area contributed by atoms with E-state index in [9.17, 15) is 8.42 Å². The van der Waals surface area contributed by atoms with Gasteiger partial charge in [-0.05, 0) is 24.7 Å². The predicted octanol–water partition coefficient (Wildman–Crippen LogP) is 2.03. The van der Waals surface area contributed by atoms with Crippen molar-refractivity contribution in [1.29, 1.82) is 0 Å². The zero-order chi connectivity index (χ0) is 10.1. The van der Waals surface area contributed by atoms with Gasteiger partial charge in [-0.3, -0.25) is 0 Å². The van der Waals surface area contributed by atoms with Gasteiger partial charge in [-0.25, -0.2) is 0 Å². The first-order valence-electron chi connectivity index (χ1n) is 4.50. The lowest BCUT2D eigenvalue weighted by molar-refractivity contribution is 0.213. The van der Waals surface area contributed by atoms with E-state index in [1.54, 1.807) is 0 Å². The normalized spacial score (nSPS) is 28.7. The molecule has 1 N–H and O–H groups in total. The van der Waals surface area contributed by atoms with E-state index >= 15 is 0 Å². The minimum atomic E-state index is -3.55. The van der Waals surface area contributed by atoms with Crippen molar-refractivity contribution in [3.63, 3.8) is 0 Å². The molecule has 78 valence electrons. The van der Waals surface area contributed by atoms with Gasteiger partial charge >= 0.3 is 0 Å². The molecule has 3 nitrogen and oxygen atoms in total. The van der Waals surface area contributed by atoms with Gasteiger partial charge in [0, 0.05) is 16.7 Å². The van der Waals surface area contributed by atoms with Crippen molar-refractivity contribution < 1.29 is 8.42 Å². The predicted molar refractivity (Wildman–Crippen MR) is 53.9 cm³/mol. The topological polar surface area (TPSA) is 46.2 Å². The summed E-state index contributed by atoms with van der Waals surface area (Å²) in [7, 11) is 1.57. The molecule has 0 aromatic heterocycles. The molecule has 0 bridgehead atoms. The summed E-state index contributed by atoms with van der Waals surface area (Å²) in [6.07, 6.45) is 4.00. The van der Waals surface area contributed by atoms with Crippen molar-refractivity contribution in [2.24, 2.45) is 5.41 Å². The van der Waals surface area contributed by atoms with E-state index in [2.05, 4.69) is 18.6 Å². The van der Waals surface area contributed by atoms with Crippen LogP contribution in [0.1, 0.15) is 39.5 Å². The highest BCUT2D eigenvalue weighted by atomic mass is 35.7. The molecule has 0 aromatic carbocycles. The average Bonchev–Trinajstić information content (AvgIpc) is 1.79. The lowest BCUT2D eigenvalue weighted by Crippen LogP contribution is -2.38. The minimum Gasteiger partial charge on any atom is -0.199 e. The molecule has 1 rings (SSSR count). The summed E-state index contributed by atoms with van der Waals surface area (Å²) >= 11 is 0. The maximum atomic E-state index is 10.8. The van der Waals surface area contributed by atoms with E-state index < -0.39 is 9.24 Å². The number of hydrogen-bond acceptors (Lipinski definition) is 2. The molecule has 0 aromatic rings. The maximum absolute atomic E-state index is 10.8. The van der Waals surface area contributed by atoms with Crippen LogP contribution in [0, 0.1) is 5.41 Å². The van der Waals surface area contributed by atoms with Crippen LogP contribution in [0.5, 0.6) is 0 Å². The van der Waals surface area contributed by atoms with Gasteiger partial charge in [0.05, 0.1) is 0 Å². The lowest BCUT2D eigenvalue weighted by Gasteiger charge is -2.34. The first-order chi connectivity index (χ1) is 5.79. The van der Waals surface area contributed by atoms with E-state index in [0.29, 0.717) is 0 Å². The van der Waals surface area contributed by atoms with Crippen LogP contribution in [0.25, 0.3) is 0 Å². The largest absolute Gasteiger partial charge is 0.297 e. The Morgan fingerprint density at radius 2 is 2.08 bits per heavy atom. The first kappa shape index (κ1) is 11.3. The number of hydrogen-bond donors (Lipinski definition) is 1. The summed E-state index contributed by atoms with van der Waals surface area (Å²) in [5.74, 6) is 0. The van der Waals surface area contributed by atoms with Crippen molar-refractivity contribution in [3.8, 4) is 0 Å². The molecule has 0 aliphatic heterocycles. The lowest BCUT2D eigenvalue weighted by atomic mass is 9.75. The SMILES string of the molecule is CC1(C)CCCC(NS(=O)(=O)Cl)C1. The van der Waals surface area contributed by atoms with Crippen LogP contribution in [-0.4, -0.2) is 14.5 Å². The van der Waals surface area contributed by atoms with Crippen LogP contribution in [0.15, 0.2) is 0 Å². The van der Waals surface area contributed by atoms with E-state index in [1.165, 1.54) is 0 Å². The monoisotopic (exact) mass is 225 g/mol. The Labute approximate surface area is 84.4 Å². The third-order valence-electron chi connectivity index (χ3n) is 2.51. The van der Waals surface area contributed by atoms with Crippen LogP contribution in [0.2, 0.25) is 0 Å². The van der Waals surface area contributed by atoms with Crippen LogP contribution in [0.3, 0.4) is 0 Å². The molecule has 1 atom stereocenters. The highest BCUT2D eigenvalue weighted by Gasteiger charge is 2.29. The van der Waals surface area contributed by atoms with Crippen molar-refractivity contribution in [3.05, 3.63) is 0 Å². The zero-order valence-corrected chi connectivity index (χ0v) is 9.58. The number of rotatable bonds is 2. The van der Waals surface area contributed by atoms with Crippen molar-refractivity contribution in [2.45, 2.75) is 45.6 Å². The molecule has 1 aliphatic rings. The van der Waals surface area contributed by atoms with E-state index in [4.69, 9.17) is 10.7 Å². The molecular formula is C8H16ClNO2S. The smallest absolute Gasteiger partial charge is 0.199 e. The Balaban J connectivity index is 2.53. The molecule has 5 heteroatoms. The number of nitrogens with one attached hydrogen (secondary N) is 1. The summed E-state index contributed by atoms with van der Waals surface area (Å²) in [6, 6.07) is 0.0197. The second kappa shape index (κ2) is 3.75. The summed E-state index contributed by atoms with van der Waals surface area (Å²) in [5.41, 5.74) is 0.234. The quantitative estimate of drug-likeness (QED) is 0.731. The molecule has 0 amide bonds. The summed E-state index contributed by atoms with van der Waals surface area (Å²) in [5, 5.41) is 0. The molecule has 1 saturated carbocycles. The van der Waals surface area contributed by atoms with Gasteiger partial charge in [0.25, 0.3) is 9.24 Å². The minimum absolute atomic E-state index is 0.0197. The second-order valence-corrected chi connectivity index (χ2v) is 6.84. The standard InChI is InChI=1S/C8H16ClNO2S/c1-8(2)5-3-4-7(6-8)10-13(9,11)12/h7,10H,3-6H2,1-2H3. The fourth-order valence-corrected chi connectivity index (χ4v) is 2.98. The van der Waals surface area contributed by atoms with E-state index in [-0.39, 0.29) is 11.5 Å². The van der Waals surface area contributed by atoms with E-state index in [1.807, 2.05) is 0 Å². The fourth-order valence-electron chi connectivity index (χ4n) is 2.00. The Morgan fingerprint density at radius 3 is 2.54 bits per heavy atom. The van der Waals surface area contributed by atoms with Crippen molar-refractivity contribution in [2.75, 3.05) is 0 Å². The van der Waals surface area contributed by atoms with Gasteiger partial charge in [-0.2, -0.15) is 13.1 Å². The fraction of sp³-hybridized carbons (Fsp3) is 1.00. The van der Waals surface area contributed by atoms with E-state index in [0.717, 1.165) is 25.7 Å². The highest BCUT2D eigenvalue weighted by molar-refractivity contribution is 8.12. The van der Waals surface area contributed by atoms with Crippen LogP contribution in [0.4, 0.5) is 0 Å². The molecule has 0 saturated heterocycles. The highest BCUT2D eigenvalue weighted by Crippen LogP contribution is 2.35. The van der Waals surface area contributed by atoms with Gasteiger partial charge in [0.1, 0.15) is 0 Å². The second-order valence-electron chi connectivity index (χ2n) is 4.51. The van der Waals surface area contributed by atoms with Gasteiger partial charge < -0.3 is 0 Å². The van der Waals surface area contributed by atoms with Crippen molar-refractivity contribution >= 4 is 19.9 Å². The maximum Gasteiger partial charge on any atom is 0.297 e. The zero-order valence-electron chi connectivity index (χ0n) is 8.01. The number of halogens is 1. The van der Waals surface area contributed by atoms with Gasteiger partial charge in [0.2, 0.25) is 0 Å².